The highest BCUT2D eigenvalue weighted by Crippen LogP contribution is 2.27. The average Bonchev–Trinajstić information content (AvgIpc) is 3.38. The predicted octanol–water partition coefficient (Wildman–Crippen LogP) is 4.15. The molecule has 0 atom stereocenters. The molecule has 0 aliphatic heterocycles. The topological polar surface area (TPSA) is 172 Å². The summed E-state index contributed by atoms with van der Waals surface area (Å²) in [5.41, 5.74) is 2.85. The zero-order valence-electron chi connectivity index (χ0n) is 25.4. The Bertz CT molecular complexity index is 1450. The molecule has 0 saturated heterocycles. The van der Waals surface area contributed by atoms with E-state index in [9.17, 15) is 41.0 Å². The smallest absolute Gasteiger partial charge is 0.490 e. The number of alkyl halides is 6. The van der Waals surface area contributed by atoms with Gasteiger partial charge in [-0.2, -0.15) is 26.3 Å². The molecular formula is C29H36F6N4O7S. The van der Waals surface area contributed by atoms with Crippen molar-refractivity contribution in [2.24, 2.45) is 0 Å². The number of phenols is 1. The van der Waals surface area contributed by atoms with Gasteiger partial charge in [-0.15, -0.1) is 0 Å². The van der Waals surface area contributed by atoms with Crippen molar-refractivity contribution in [3.05, 3.63) is 63.3 Å². The Balaban J connectivity index is 0.000000658. The van der Waals surface area contributed by atoms with Gasteiger partial charge in [-0.25, -0.2) is 9.59 Å². The van der Waals surface area contributed by atoms with E-state index in [1.54, 1.807) is 6.07 Å². The number of aromatic hydroxyl groups is 1. The number of carboxylic acids is 2. The summed E-state index contributed by atoms with van der Waals surface area (Å²) < 4.78 is 64.3. The SMILES string of the molecule is CC(C)N(CCC(=O)NCCNCCc1ccc(O)c2[nH]c(=O)sc12)CCc1ccccc1.O=C(O)C(F)(F)F.O=C(O)C(F)(F)F. The van der Waals surface area contributed by atoms with Crippen LogP contribution in [0.4, 0.5) is 26.3 Å². The van der Waals surface area contributed by atoms with E-state index in [4.69, 9.17) is 19.8 Å². The number of thiazole rings is 1. The first-order chi connectivity index (χ1) is 21.8. The molecule has 0 aliphatic rings. The van der Waals surface area contributed by atoms with E-state index in [-0.39, 0.29) is 16.5 Å². The Hall–Kier alpha value is -4.16. The monoisotopic (exact) mass is 698 g/mol. The Morgan fingerprint density at radius 1 is 0.872 bits per heavy atom. The Morgan fingerprint density at radius 2 is 1.45 bits per heavy atom. The minimum Gasteiger partial charge on any atom is -0.506 e. The summed E-state index contributed by atoms with van der Waals surface area (Å²) in [6, 6.07) is 14.3. The molecule has 262 valence electrons. The maximum atomic E-state index is 12.3. The minimum absolute atomic E-state index is 0.0690. The largest absolute Gasteiger partial charge is 0.506 e. The fourth-order valence-electron chi connectivity index (χ4n) is 3.79. The number of fused-ring (bicyclic) bond motifs is 1. The molecule has 0 unspecified atom stereocenters. The van der Waals surface area contributed by atoms with Crippen molar-refractivity contribution in [3.63, 3.8) is 0 Å². The number of rotatable bonds is 13. The van der Waals surface area contributed by atoms with Crippen LogP contribution in [0.5, 0.6) is 5.75 Å². The quantitative estimate of drug-likeness (QED) is 0.113. The van der Waals surface area contributed by atoms with Crippen LogP contribution in [0, 0.1) is 0 Å². The van der Waals surface area contributed by atoms with Gasteiger partial charge in [-0.3, -0.25) is 9.59 Å². The summed E-state index contributed by atoms with van der Waals surface area (Å²) in [4.78, 5) is 46.5. The Morgan fingerprint density at radius 3 is 1.98 bits per heavy atom. The van der Waals surface area contributed by atoms with Crippen LogP contribution in [0.1, 0.15) is 31.4 Å². The second-order valence-electron chi connectivity index (χ2n) is 10.0. The second-order valence-corrected chi connectivity index (χ2v) is 11.0. The molecule has 47 heavy (non-hydrogen) atoms. The Labute approximate surface area is 269 Å². The number of benzene rings is 2. The molecule has 3 aromatic rings. The molecule has 0 saturated carbocycles. The molecule has 3 rings (SSSR count). The molecule has 18 heteroatoms. The molecule has 6 N–H and O–H groups in total. The molecule has 11 nitrogen and oxygen atoms in total. The van der Waals surface area contributed by atoms with Crippen molar-refractivity contribution in [3.8, 4) is 5.75 Å². The van der Waals surface area contributed by atoms with E-state index in [0.29, 0.717) is 31.1 Å². The van der Waals surface area contributed by atoms with Crippen LogP contribution in [-0.2, 0) is 27.2 Å². The van der Waals surface area contributed by atoms with Crippen molar-refractivity contribution < 1.29 is 56.0 Å². The lowest BCUT2D eigenvalue weighted by Gasteiger charge is -2.26. The number of nitrogens with zero attached hydrogens (tertiary/aromatic N) is 1. The third kappa shape index (κ3) is 16.3. The lowest BCUT2D eigenvalue weighted by molar-refractivity contribution is -0.193. The summed E-state index contributed by atoms with van der Waals surface area (Å²) in [6.07, 6.45) is -7.95. The zero-order valence-corrected chi connectivity index (χ0v) is 26.2. The van der Waals surface area contributed by atoms with E-state index >= 15 is 0 Å². The maximum Gasteiger partial charge on any atom is 0.490 e. The fraction of sp³-hybridized carbons (Fsp3) is 0.448. The average molecular weight is 699 g/mol. The number of carbonyl (C=O) groups is 3. The van der Waals surface area contributed by atoms with Gasteiger partial charge in [0.1, 0.15) is 11.3 Å². The van der Waals surface area contributed by atoms with Crippen LogP contribution >= 0.6 is 11.3 Å². The van der Waals surface area contributed by atoms with E-state index in [1.165, 1.54) is 5.56 Å². The highest BCUT2D eigenvalue weighted by molar-refractivity contribution is 7.16. The standard InChI is InChI=1S/C25H34N4O3S.2C2HF3O2/c1-18(2)29(16-11-19-6-4-3-5-7-19)17-12-22(31)27-15-14-26-13-10-20-8-9-21(30)23-24(20)33-25(32)28-23;2*3-2(4,5)1(6)7/h3-9,18,26,30H,10-17H2,1-2H3,(H,27,31)(H,28,32);2*(H,6,7). The molecular weight excluding hydrogens is 662 g/mol. The number of carboxylic acid groups (broad SMARTS) is 2. The predicted molar refractivity (Wildman–Crippen MR) is 163 cm³/mol. The van der Waals surface area contributed by atoms with E-state index in [2.05, 4.69) is 58.6 Å². The molecule has 0 spiro atoms. The number of carbonyl (C=O) groups excluding carboxylic acids is 1. The number of aliphatic carboxylic acids is 2. The number of H-pyrrole nitrogens is 1. The van der Waals surface area contributed by atoms with Gasteiger partial charge in [0.05, 0.1) is 4.70 Å². The van der Waals surface area contributed by atoms with Crippen molar-refractivity contribution in [1.29, 1.82) is 0 Å². The first-order valence-corrected chi connectivity index (χ1v) is 14.8. The highest BCUT2D eigenvalue weighted by atomic mass is 32.1. The number of phenolic OH excluding ortho intramolecular Hbond substituents is 1. The Kier molecular flexibility index (Phi) is 16.9. The van der Waals surface area contributed by atoms with Gasteiger partial charge in [-0.1, -0.05) is 47.7 Å². The number of amides is 1. The lowest BCUT2D eigenvalue weighted by atomic mass is 10.1. The highest BCUT2D eigenvalue weighted by Gasteiger charge is 2.38. The molecule has 0 radical (unpaired) electrons. The van der Waals surface area contributed by atoms with E-state index < -0.39 is 24.3 Å². The molecule has 0 bridgehead atoms. The maximum absolute atomic E-state index is 12.3. The van der Waals surface area contributed by atoms with Crippen molar-refractivity contribution in [2.75, 3.05) is 32.7 Å². The van der Waals surface area contributed by atoms with Gasteiger partial charge in [0, 0.05) is 38.6 Å². The molecule has 1 amide bonds. The molecule has 1 heterocycles. The molecule has 2 aromatic carbocycles. The van der Waals surface area contributed by atoms with Crippen LogP contribution in [0.25, 0.3) is 10.2 Å². The number of hydrogen-bond acceptors (Lipinski definition) is 8. The zero-order chi connectivity index (χ0) is 35.8. The third-order valence-corrected chi connectivity index (χ3v) is 7.16. The van der Waals surface area contributed by atoms with Gasteiger partial charge in [0.15, 0.2) is 0 Å². The number of nitrogens with one attached hydrogen (secondary N) is 3. The van der Waals surface area contributed by atoms with Crippen LogP contribution in [0.2, 0.25) is 0 Å². The summed E-state index contributed by atoms with van der Waals surface area (Å²) in [5.74, 6) is -5.35. The number of halogens is 6. The van der Waals surface area contributed by atoms with Crippen molar-refractivity contribution in [2.45, 2.75) is 51.5 Å². The van der Waals surface area contributed by atoms with Gasteiger partial charge >= 0.3 is 29.2 Å². The van der Waals surface area contributed by atoms with Gasteiger partial charge in [0.25, 0.3) is 0 Å². The summed E-state index contributed by atoms with van der Waals surface area (Å²) in [6.45, 7) is 8.01. The molecule has 1 aromatic heterocycles. The van der Waals surface area contributed by atoms with E-state index in [0.717, 1.165) is 54.1 Å². The first-order valence-electron chi connectivity index (χ1n) is 14.0. The number of hydrogen-bond donors (Lipinski definition) is 6. The lowest BCUT2D eigenvalue weighted by Crippen LogP contribution is -2.38. The van der Waals surface area contributed by atoms with Crippen LogP contribution in [0.3, 0.4) is 0 Å². The molecule has 0 aliphatic carbocycles. The van der Waals surface area contributed by atoms with Gasteiger partial charge < -0.3 is 35.8 Å². The third-order valence-electron chi connectivity index (χ3n) is 6.21. The van der Waals surface area contributed by atoms with Crippen LogP contribution in [-0.4, -0.2) is 94.2 Å². The molecule has 0 fully saturated rings. The first kappa shape index (κ1) is 40.9. The van der Waals surface area contributed by atoms with E-state index in [1.807, 2.05) is 12.1 Å². The second kappa shape index (κ2) is 19.5. The van der Waals surface area contributed by atoms with Crippen molar-refractivity contribution in [1.82, 2.24) is 20.5 Å². The fourth-order valence-corrected chi connectivity index (χ4v) is 4.68. The minimum atomic E-state index is -5.08. The van der Waals surface area contributed by atoms with Gasteiger partial charge in [0.2, 0.25) is 5.91 Å². The summed E-state index contributed by atoms with van der Waals surface area (Å²) in [7, 11) is 0. The number of aromatic nitrogens is 1. The summed E-state index contributed by atoms with van der Waals surface area (Å²) in [5, 5.41) is 30.4. The summed E-state index contributed by atoms with van der Waals surface area (Å²) >= 11 is 1.12. The van der Waals surface area contributed by atoms with Crippen LogP contribution in [0.15, 0.2) is 47.3 Å². The van der Waals surface area contributed by atoms with Crippen LogP contribution < -0.4 is 15.5 Å². The normalized spacial score (nSPS) is 11.4. The number of aromatic amines is 1. The van der Waals surface area contributed by atoms with Crippen molar-refractivity contribution >= 4 is 39.4 Å². The van der Waals surface area contributed by atoms with Gasteiger partial charge in [-0.05, 0) is 50.4 Å².